The van der Waals surface area contributed by atoms with Crippen molar-refractivity contribution in [2.24, 2.45) is 0 Å². The molecular formula is C20H24N4O3S. The molecule has 0 bridgehead atoms. The van der Waals surface area contributed by atoms with E-state index in [4.69, 9.17) is 0 Å². The second kappa shape index (κ2) is 7.52. The van der Waals surface area contributed by atoms with Crippen molar-refractivity contribution in [2.45, 2.75) is 44.0 Å². The molecule has 2 aromatic heterocycles. The second-order valence-electron chi connectivity index (χ2n) is 7.31. The maximum Gasteiger partial charge on any atom is 0.350 e. The van der Waals surface area contributed by atoms with Gasteiger partial charge in [0.25, 0.3) is 0 Å². The molecule has 0 atom stereocenters. The first-order valence-corrected chi connectivity index (χ1v) is 11.0. The predicted molar refractivity (Wildman–Crippen MR) is 107 cm³/mol. The van der Waals surface area contributed by atoms with Crippen LogP contribution in [-0.2, 0) is 16.6 Å². The number of benzene rings is 1. The van der Waals surface area contributed by atoms with Gasteiger partial charge in [0.1, 0.15) is 4.90 Å². The van der Waals surface area contributed by atoms with Crippen molar-refractivity contribution >= 4 is 15.7 Å². The number of pyridine rings is 1. The lowest BCUT2D eigenvalue weighted by Crippen LogP contribution is -2.32. The van der Waals surface area contributed by atoms with Crippen LogP contribution in [0.2, 0.25) is 0 Å². The van der Waals surface area contributed by atoms with Gasteiger partial charge < -0.3 is 0 Å². The Bertz CT molecular complexity index is 1140. The first kappa shape index (κ1) is 18.9. The van der Waals surface area contributed by atoms with Gasteiger partial charge in [-0.3, -0.25) is 0 Å². The Kier molecular flexibility index (Phi) is 5.07. The maximum absolute atomic E-state index is 13.2. The Morgan fingerprint density at radius 1 is 1.00 bits per heavy atom. The fraction of sp³-hybridized carbons (Fsp3) is 0.400. The van der Waals surface area contributed by atoms with Crippen LogP contribution in [-0.4, -0.2) is 40.0 Å². The zero-order valence-electron chi connectivity index (χ0n) is 15.9. The average Bonchev–Trinajstić information content (AvgIpc) is 2.87. The zero-order chi connectivity index (χ0) is 19.7. The number of nitrogens with zero attached hydrogens (tertiary/aromatic N) is 4. The number of fused-ring (bicyclic) bond motifs is 1. The Morgan fingerprint density at radius 3 is 2.36 bits per heavy atom. The van der Waals surface area contributed by atoms with Gasteiger partial charge in [-0.2, -0.15) is 4.31 Å². The molecule has 148 valence electrons. The number of rotatable bonds is 4. The van der Waals surface area contributed by atoms with E-state index in [0.29, 0.717) is 19.6 Å². The Morgan fingerprint density at radius 2 is 1.68 bits per heavy atom. The predicted octanol–water partition coefficient (Wildman–Crippen LogP) is 2.42. The van der Waals surface area contributed by atoms with Crippen LogP contribution in [0.25, 0.3) is 5.65 Å². The first-order chi connectivity index (χ1) is 13.5. The Hall–Kier alpha value is -2.45. The van der Waals surface area contributed by atoms with Gasteiger partial charge in [-0.25, -0.2) is 22.3 Å². The van der Waals surface area contributed by atoms with Gasteiger partial charge in [-0.1, -0.05) is 42.7 Å². The molecule has 3 heterocycles. The van der Waals surface area contributed by atoms with Crippen LogP contribution in [0.1, 0.15) is 36.8 Å². The number of aromatic nitrogens is 3. The van der Waals surface area contributed by atoms with Crippen molar-refractivity contribution in [3.8, 4) is 0 Å². The molecule has 0 spiro atoms. The van der Waals surface area contributed by atoms with Crippen LogP contribution in [0.5, 0.6) is 0 Å². The molecule has 8 heteroatoms. The van der Waals surface area contributed by atoms with Crippen molar-refractivity contribution in [1.29, 1.82) is 0 Å². The lowest BCUT2D eigenvalue weighted by molar-refractivity contribution is 0.424. The monoisotopic (exact) mass is 400 g/mol. The van der Waals surface area contributed by atoms with Gasteiger partial charge in [-0.15, -0.1) is 5.10 Å². The van der Waals surface area contributed by atoms with E-state index in [2.05, 4.69) is 5.10 Å². The molecule has 1 aromatic carbocycles. The number of hydrogen-bond acceptors (Lipinski definition) is 4. The molecule has 0 saturated carbocycles. The SMILES string of the molecule is Cc1ccc(Cn2nc3c(S(=O)(=O)N4CCCCCC4)cccn3c2=O)cc1. The quantitative estimate of drug-likeness (QED) is 0.674. The van der Waals surface area contributed by atoms with E-state index < -0.39 is 10.0 Å². The van der Waals surface area contributed by atoms with Crippen LogP contribution in [0.3, 0.4) is 0 Å². The lowest BCUT2D eigenvalue weighted by atomic mass is 10.1. The van der Waals surface area contributed by atoms with Crippen LogP contribution < -0.4 is 5.69 Å². The van der Waals surface area contributed by atoms with Crippen molar-refractivity contribution in [2.75, 3.05) is 13.1 Å². The highest BCUT2D eigenvalue weighted by Crippen LogP contribution is 2.22. The lowest BCUT2D eigenvalue weighted by Gasteiger charge is -2.19. The third-order valence-electron chi connectivity index (χ3n) is 5.21. The van der Waals surface area contributed by atoms with Crippen LogP contribution in [0, 0.1) is 6.92 Å². The smallest absolute Gasteiger partial charge is 0.249 e. The summed E-state index contributed by atoms with van der Waals surface area (Å²) in [6, 6.07) is 11.0. The standard InChI is InChI=1S/C20H24N4O3S/c1-16-8-10-17(11-9-16)15-24-20(25)23-14-6-7-18(19(23)21-24)28(26,27)22-12-4-2-3-5-13-22/h6-11,14H,2-5,12-13,15H2,1H3. The molecule has 0 amide bonds. The maximum atomic E-state index is 13.2. The van der Waals surface area contributed by atoms with E-state index in [1.165, 1.54) is 19.5 Å². The molecule has 1 aliphatic heterocycles. The van der Waals surface area contributed by atoms with Crippen LogP contribution in [0.4, 0.5) is 0 Å². The largest absolute Gasteiger partial charge is 0.350 e. The van der Waals surface area contributed by atoms with E-state index >= 15 is 0 Å². The van der Waals surface area contributed by atoms with Gasteiger partial charge in [0, 0.05) is 19.3 Å². The second-order valence-corrected chi connectivity index (χ2v) is 9.22. The van der Waals surface area contributed by atoms with Gasteiger partial charge in [0.05, 0.1) is 6.54 Å². The van der Waals surface area contributed by atoms with Crippen LogP contribution in [0.15, 0.2) is 52.3 Å². The molecule has 1 saturated heterocycles. The molecule has 1 aliphatic rings. The Labute approximate surface area is 164 Å². The first-order valence-electron chi connectivity index (χ1n) is 9.61. The molecule has 1 fully saturated rings. The van der Waals surface area contributed by atoms with Crippen molar-refractivity contribution in [3.05, 3.63) is 64.2 Å². The Balaban J connectivity index is 1.76. The highest BCUT2D eigenvalue weighted by molar-refractivity contribution is 7.89. The van der Waals surface area contributed by atoms with Crippen molar-refractivity contribution in [3.63, 3.8) is 0 Å². The summed E-state index contributed by atoms with van der Waals surface area (Å²) in [7, 11) is -3.70. The van der Waals surface area contributed by atoms with Crippen molar-refractivity contribution < 1.29 is 8.42 Å². The highest BCUT2D eigenvalue weighted by atomic mass is 32.2. The van der Waals surface area contributed by atoms with E-state index in [-0.39, 0.29) is 16.2 Å². The molecule has 0 radical (unpaired) electrons. The summed E-state index contributed by atoms with van der Waals surface area (Å²) >= 11 is 0. The fourth-order valence-electron chi connectivity index (χ4n) is 3.61. The summed E-state index contributed by atoms with van der Waals surface area (Å²) in [6.07, 6.45) is 5.37. The topological polar surface area (TPSA) is 76.7 Å². The average molecular weight is 401 g/mol. The van der Waals surface area contributed by atoms with Crippen LogP contribution >= 0.6 is 0 Å². The summed E-state index contributed by atoms with van der Waals surface area (Å²) < 4.78 is 30.6. The highest BCUT2D eigenvalue weighted by Gasteiger charge is 2.28. The summed E-state index contributed by atoms with van der Waals surface area (Å²) in [4.78, 5) is 12.9. The van der Waals surface area contributed by atoms with E-state index in [1.54, 1.807) is 12.3 Å². The van der Waals surface area contributed by atoms with E-state index in [0.717, 1.165) is 36.8 Å². The van der Waals surface area contributed by atoms with Gasteiger partial charge in [-0.05, 0) is 37.5 Å². The molecule has 3 aromatic rings. The summed E-state index contributed by atoms with van der Waals surface area (Å²) in [6.45, 7) is 3.32. The molecule has 0 aliphatic carbocycles. The summed E-state index contributed by atoms with van der Waals surface area (Å²) in [5.74, 6) is 0. The minimum absolute atomic E-state index is 0.0941. The van der Waals surface area contributed by atoms with Crippen molar-refractivity contribution in [1.82, 2.24) is 18.5 Å². The molecule has 4 rings (SSSR count). The molecule has 7 nitrogen and oxygen atoms in total. The minimum Gasteiger partial charge on any atom is -0.249 e. The van der Waals surface area contributed by atoms with E-state index in [9.17, 15) is 13.2 Å². The zero-order valence-corrected chi connectivity index (χ0v) is 16.7. The van der Waals surface area contributed by atoms with Gasteiger partial charge in [0.2, 0.25) is 10.0 Å². The van der Waals surface area contributed by atoms with Gasteiger partial charge in [0.15, 0.2) is 5.65 Å². The minimum atomic E-state index is -3.70. The van der Waals surface area contributed by atoms with E-state index in [1.807, 2.05) is 31.2 Å². The molecule has 0 unspecified atom stereocenters. The number of sulfonamides is 1. The normalized spacial score (nSPS) is 16.3. The number of aryl methyl sites for hydroxylation is 1. The van der Waals surface area contributed by atoms with Gasteiger partial charge >= 0.3 is 5.69 Å². The molecule has 28 heavy (non-hydrogen) atoms. The molecular weight excluding hydrogens is 376 g/mol. The number of hydrogen-bond donors (Lipinski definition) is 0. The third-order valence-corrected chi connectivity index (χ3v) is 7.13. The molecule has 0 N–H and O–H groups in total. The summed E-state index contributed by atoms with van der Waals surface area (Å²) in [5, 5.41) is 4.38. The fourth-order valence-corrected chi connectivity index (χ4v) is 5.24. The third kappa shape index (κ3) is 3.49. The summed E-state index contributed by atoms with van der Waals surface area (Å²) in [5.41, 5.74) is 1.91.